The normalized spacial score (nSPS) is 14.4. The molecule has 472 valence electrons. The molecule has 0 aliphatic heterocycles. The third-order valence-corrected chi connectivity index (χ3v) is 13.5. The molecule has 0 heterocycles. The van der Waals surface area contributed by atoms with Crippen LogP contribution in [0, 0.1) is 11.8 Å². The molecular formula is C58H91N13O14. The van der Waals surface area contributed by atoms with Gasteiger partial charge in [-0.1, -0.05) is 58.0 Å². The Morgan fingerprint density at radius 2 is 0.859 bits per heavy atom. The Morgan fingerprint density at radius 3 is 1.32 bits per heavy atom. The molecule has 0 radical (unpaired) electrons. The van der Waals surface area contributed by atoms with Crippen molar-refractivity contribution in [1.82, 2.24) is 63.8 Å². The first kappa shape index (κ1) is 72.7. The van der Waals surface area contributed by atoms with Crippen molar-refractivity contribution in [2.45, 2.75) is 208 Å². The Bertz CT molecular complexity index is 2800. The van der Waals surface area contributed by atoms with Gasteiger partial charge in [-0.25, -0.2) is 0 Å². The Labute approximate surface area is 497 Å². The molecule has 0 spiro atoms. The first-order valence-electron chi connectivity index (χ1n) is 28.2. The van der Waals surface area contributed by atoms with E-state index in [0.717, 1.165) is 16.3 Å². The Morgan fingerprint density at radius 1 is 0.459 bits per heavy atom. The fraction of sp³-hybridized carbons (Fsp3) is 0.603. The number of amides is 13. The molecule has 0 aliphatic carbocycles. The van der Waals surface area contributed by atoms with Crippen molar-refractivity contribution < 1.29 is 67.1 Å². The van der Waals surface area contributed by atoms with Crippen molar-refractivity contribution in [3.05, 3.63) is 42.0 Å². The molecule has 27 nitrogen and oxygen atoms in total. The standard InChI is InChI=1S/C58H91N13O14/c1-29(2)26-41(51(80)62-31(5)45(59)74)68-55(84)58(15,16)70-49(78)35(9)63-50(79)40(23-25-44(73)60-28-37-22-24-43(85-17)39-21-19-18-20-38(37)39)66-46(75)32(6)64-54(83)57(13,14)71-52(81)42(27-30(3)4)67-47(76)33(7)65-53(82)56(11,12)69-48(77)34(8)61-36(10)72/h18-22,24,29-35,40-42H,23,25-28H2,1-17H3,(H2,59,74)(H,60,73)(H,61,72)(H,62,80)(H,63,79)(H,64,83)(H,65,82)(H,66,75)(H,67,76)(H,68,84)(H,69,77)(H,70,78)(H,71,81)/t31-,32-,33-,34-,35-,40?,41-,42-/m0/s1. The molecule has 85 heavy (non-hydrogen) atoms. The number of benzene rings is 2. The SMILES string of the molecule is COc1ccc(CNC(=O)CCC(NC(=O)[C@H](C)NC(=O)C(C)(C)NC(=O)[C@H](CC(C)C)NC(=O)[C@H](C)NC(=O)C(C)(C)NC(=O)[C@H](C)NC(C)=O)C(=O)N[C@@H](C)C(=O)NC(C)(C)C(=O)N[C@@H](CC(C)C)C(=O)N[C@@H](C)C(N)=O)c2ccccc12. The van der Waals surface area contributed by atoms with E-state index in [9.17, 15) is 62.3 Å². The lowest BCUT2D eigenvalue weighted by Crippen LogP contribution is -2.63. The van der Waals surface area contributed by atoms with Gasteiger partial charge in [-0.15, -0.1) is 0 Å². The van der Waals surface area contributed by atoms with E-state index in [-0.39, 0.29) is 44.1 Å². The topological polar surface area (TPSA) is 402 Å². The van der Waals surface area contributed by atoms with Crippen molar-refractivity contribution in [2.75, 3.05) is 7.11 Å². The summed E-state index contributed by atoms with van der Waals surface area (Å²) >= 11 is 0. The number of primary amides is 1. The van der Waals surface area contributed by atoms with Gasteiger partial charge in [0.05, 0.1) is 7.11 Å². The lowest BCUT2D eigenvalue weighted by molar-refractivity contribution is -0.138. The summed E-state index contributed by atoms with van der Waals surface area (Å²) in [5, 5.41) is 32.4. The zero-order valence-corrected chi connectivity index (χ0v) is 52.1. The smallest absolute Gasteiger partial charge is 0.245 e. The maximum Gasteiger partial charge on any atom is 0.245 e. The van der Waals surface area contributed by atoms with Crippen molar-refractivity contribution in [3.63, 3.8) is 0 Å². The fourth-order valence-electron chi connectivity index (χ4n) is 8.25. The van der Waals surface area contributed by atoms with E-state index in [1.165, 1.54) is 83.1 Å². The van der Waals surface area contributed by atoms with Crippen LogP contribution in [0.4, 0.5) is 0 Å². The van der Waals surface area contributed by atoms with E-state index in [0.29, 0.717) is 5.75 Å². The number of ether oxygens (including phenoxy) is 1. The van der Waals surface area contributed by atoms with Crippen LogP contribution in [0.2, 0.25) is 0 Å². The van der Waals surface area contributed by atoms with Gasteiger partial charge >= 0.3 is 0 Å². The van der Waals surface area contributed by atoms with Gasteiger partial charge in [0.15, 0.2) is 0 Å². The number of methoxy groups -OCH3 is 1. The lowest BCUT2D eigenvalue weighted by atomic mass is 9.99. The van der Waals surface area contributed by atoms with Gasteiger partial charge in [0, 0.05) is 25.3 Å². The first-order chi connectivity index (χ1) is 39.2. The van der Waals surface area contributed by atoms with Crippen LogP contribution in [-0.2, 0) is 68.9 Å². The molecule has 0 aromatic heterocycles. The first-order valence-corrected chi connectivity index (χ1v) is 28.2. The van der Waals surface area contributed by atoms with Crippen LogP contribution < -0.4 is 74.3 Å². The largest absolute Gasteiger partial charge is 0.496 e. The third kappa shape index (κ3) is 23.3. The zero-order valence-electron chi connectivity index (χ0n) is 52.1. The van der Waals surface area contributed by atoms with Gasteiger partial charge in [0.25, 0.3) is 0 Å². The average molecular weight is 1190 g/mol. The van der Waals surface area contributed by atoms with E-state index in [4.69, 9.17) is 10.5 Å². The monoisotopic (exact) mass is 1190 g/mol. The number of nitrogens with one attached hydrogen (secondary N) is 12. The zero-order chi connectivity index (χ0) is 65.1. The third-order valence-electron chi connectivity index (χ3n) is 13.5. The Hall–Kier alpha value is -8.39. The number of hydrogen-bond acceptors (Lipinski definition) is 14. The highest BCUT2D eigenvalue weighted by Gasteiger charge is 2.39. The summed E-state index contributed by atoms with van der Waals surface area (Å²) in [6, 6.07) is 1.16. The number of rotatable bonds is 32. The van der Waals surface area contributed by atoms with Gasteiger partial charge in [-0.05, 0) is 124 Å². The maximum absolute atomic E-state index is 14.1. The van der Waals surface area contributed by atoms with Crippen LogP contribution in [0.3, 0.4) is 0 Å². The van der Waals surface area contributed by atoms with E-state index in [1.54, 1.807) is 33.1 Å². The van der Waals surface area contributed by atoms with Gasteiger partial charge in [-0.3, -0.25) is 62.3 Å². The van der Waals surface area contributed by atoms with Crippen LogP contribution >= 0.6 is 0 Å². The molecule has 14 N–H and O–H groups in total. The lowest BCUT2D eigenvalue weighted by Gasteiger charge is -2.31. The maximum atomic E-state index is 14.1. The van der Waals surface area contributed by atoms with Gasteiger partial charge in [0.2, 0.25) is 76.8 Å². The second kappa shape index (κ2) is 32.0. The van der Waals surface area contributed by atoms with E-state index in [2.05, 4.69) is 63.8 Å². The summed E-state index contributed by atoms with van der Waals surface area (Å²) in [6.07, 6.45) is -0.382. The summed E-state index contributed by atoms with van der Waals surface area (Å²) < 4.78 is 5.49. The number of fused-ring (bicyclic) bond motifs is 1. The summed E-state index contributed by atoms with van der Waals surface area (Å²) in [6.45, 7) is 23.5. The van der Waals surface area contributed by atoms with Gasteiger partial charge in [0.1, 0.15) is 70.7 Å². The molecule has 1 unspecified atom stereocenters. The van der Waals surface area contributed by atoms with Crippen molar-refractivity contribution in [2.24, 2.45) is 17.6 Å². The van der Waals surface area contributed by atoms with Crippen LogP contribution in [0.5, 0.6) is 5.75 Å². The summed E-state index contributed by atoms with van der Waals surface area (Å²) in [5.74, 6) is -9.35. The highest BCUT2D eigenvalue weighted by molar-refractivity contribution is 6.01. The fourth-order valence-corrected chi connectivity index (χ4v) is 8.25. The molecule has 27 heteroatoms. The predicted molar refractivity (Wildman–Crippen MR) is 316 cm³/mol. The molecule has 2 aromatic rings. The minimum atomic E-state index is -1.75. The van der Waals surface area contributed by atoms with Crippen molar-refractivity contribution >= 4 is 87.6 Å². The molecule has 2 aromatic carbocycles. The highest BCUT2D eigenvalue weighted by Crippen LogP contribution is 2.28. The van der Waals surface area contributed by atoms with Crippen molar-refractivity contribution in [1.29, 1.82) is 0 Å². The quantitative estimate of drug-likeness (QED) is 0.0440. The Kier molecular flexibility index (Phi) is 27.4. The van der Waals surface area contributed by atoms with E-state index in [1.807, 2.05) is 38.1 Å². The highest BCUT2D eigenvalue weighted by atomic mass is 16.5. The minimum absolute atomic E-state index is 0.0869. The molecule has 0 saturated heterocycles. The average Bonchev–Trinajstić information content (AvgIpc) is 3.11. The van der Waals surface area contributed by atoms with E-state index >= 15 is 0 Å². The van der Waals surface area contributed by atoms with Crippen LogP contribution in [0.25, 0.3) is 10.8 Å². The van der Waals surface area contributed by atoms with Crippen molar-refractivity contribution in [3.8, 4) is 5.75 Å². The Balaban J connectivity index is 2.30. The molecular weight excluding hydrogens is 1100 g/mol. The molecule has 13 amide bonds. The summed E-state index contributed by atoms with van der Waals surface area (Å²) in [7, 11) is 1.54. The molecule has 8 atom stereocenters. The van der Waals surface area contributed by atoms with Gasteiger partial charge in [-0.2, -0.15) is 0 Å². The minimum Gasteiger partial charge on any atom is -0.496 e. The second-order valence-electron chi connectivity index (χ2n) is 23.7. The molecule has 2 rings (SSSR count). The van der Waals surface area contributed by atoms with Crippen LogP contribution in [-0.4, -0.2) is 149 Å². The van der Waals surface area contributed by atoms with E-state index < -0.39 is 142 Å². The predicted octanol–water partition coefficient (Wildman–Crippen LogP) is -0.496. The van der Waals surface area contributed by atoms with Crippen LogP contribution in [0.15, 0.2) is 36.4 Å². The molecule has 0 aliphatic rings. The number of carbonyl (C=O) groups is 13. The molecule has 0 bridgehead atoms. The summed E-state index contributed by atoms with van der Waals surface area (Å²) in [5.41, 5.74) is 1.12. The second-order valence-corrected chi connectivity index (χ2v) is 23.7. The van der Waals surface area contributed by atoms with Gasteiger partial charge < -0.3 is 74.3 Å². The molecule has 0 saturated carbocycles. The number of nitrogens with two attached hydrogens (primary N) is 1. The summed E-state index contributed by atoms with van der Waals surface area (Å²) in [4.78, 5) is 172. The molecule has 0 fully saturated rings. The number of hydrogen-bond donors (Lipinski definition) is 13. The van der Waals surface area contributed by atoms with Crippen LogP contribution in [0.1, 0.15) is 142 Å². The number of carbonyl (C=O) groups excluding carboxylic acids is 13.